The summed E-state index contributed by atoms with van der Waals surface area (Å²) in [6.45, 7) is 4.65. The van der Waals surface area contributed by atoms with Crippen molar-refractivity contribution in [1.82, 2.24) is 19.8 Å². The molecule has 1 aliphatic carbocycles. The number of hydrogen-bond donors (Lipinski definition) is 1. The van der Waals surface area contributed by atoms with Crippen LogP contribution in [0.4, 0.5) is 25.0 Å². The average molecular weight is 450 g/mol. The van der Waals surface area contributed by atoms with Crippen molar-refractivity contribution in [2.24, 2.45) is 11.8 Å². The second kappa shape index (κ2) is 7.86. The Kier molecular flexibility index (Phi) is 5.13. The standard InChI is InChI=1S/C21H25F3N6O2/c1-12-9-18(32-28-12)29-10-14-5-3-6-16(15(14)11-29)25-20-26-19-17(7-4-8-30(19)27-20)31-13(2)21(22,23)24/h4,7-9,13-16H,3,5-6,10-11H2,1-2H3,(H,25,27)/t13-,14?,15-,16-/m1/s1. The van der Waals surface area contributed by atoms with Crippen molar-refractivity contribution >= 4 is 17.5 Å². The molecule has 0 amide bonds. The van der Waals surface area contributed by atoms with E-state index < -0.39 is 12.3 Å². The molecule has 1 aliphatic heterocycles. The largest absolute Gasteiger partial charge is 0.477 e. The van der Waals surface area contributed by atoms with Gasteiger partial charge < -0.3 is 19.5 Å². The molecule has 8 nitrogen and oxygen atoms in total. The van der Waals surface area contributed by atoms with E-state index in [0.717, 1.165) is 50.9 Å². The summed E-state index contributed by atoms with van der Waals surface area (Å²) in [5, 5.41) is 11.9. The minimum Gasteiger partial charge on any atom is -0.477 e. The van der Waals surface area contributed by atoms with E-state index in [4.69, 9.17) is 9.26 Å². The van der Waals surface area contributed by atoms with Crippen LogP contribution in [0.25, 0.3) is 5.65 Å². The van der Waals surface area contributed by atoms with Crippen molar-refractivity contribution in [3.63, 3.8) is 0 Å². The molecule has 3 aromatic rings. The Bertz CT molecular complexity index is 1100. The zero-order valence-electron chi connectivity index (χ0n) is 17.8. The lowest BCUT2D eigenvalue weighted by atomic mass is 9.78. The van der Waals surface area contributed by atoms with Crippen LogP contribution in [-0.2, 0) is 0 Å². The van der Waals surface area contributed by atoms with Crippen molar-refractivity contribution in [2.45, 2.75) is 51.4 Å². The Morgan fingerprint density at radius 3 is 2.88 bits per heavy atom. The maximum Gasteiger partial charge on any atom is 0.425 e. The Balaban J connectivity index is 1.33. The fraction of sp³-hybridized carbons (Fsp3) is 0.571. The molecule has 0 bridgehead atoms. The van der Waals surface area contributed by atoms with E-state index in [1.807, 2.05) is 13.0 Å². The average Bonchev–Trinajstić information content (AvgIpc) is 3.45. The number of hydrogen-bond acceptors (Lipinski definition) is 7. The lowest BCUT2D eigenvalue weighted by Gasteiger charge is -2.32. The van der Waals surface area contributed by atoms with E-state index in [1.54, 1.807) is 12.3 Å². The first kappa shape index (κ1) is 20.9. The van der Waals surface area contributed by atoms with E-state index in [9.17, 15) is 13.2 Å². The summed E-state index contributed by atoms with van der Waals surface area (Å²) >= 11 is 0. The van der Waals surface area contributed by atoms with Gasteiger partial charge in [0.1, 0.15) is 0 Å². The molecule has 11 heteroatoms. The number of nitrogens with one attached hydrogen (secondary N) is 1. The number of aryl methyl sites for hydroxylation is 1. The highest BCUT2D eigenvalue weighted by molar-refractivity contribution is 5.56. The van der Waals surface area contributed by atoms with Crippen LogP contribution in [0.1, 0.15) is 31.9 Å². The van der Waals surface area contributed by atoms with Gasteiger partial charge in [0.25, 0.3) is 0 Å². The first-order chi connectivity index (χ1) is 15.3. The molecule has 0 aromatic carbocycles. The summed E-state index contributed by atoms with van der Waals surface area (Å²) < 4.78 is 50.8. The third-order valence-electron chi connectivity index (χ3n) is 6.43. The van der Waals surface area contributed by atoms with E-state index in [-0.39, 0.29) is 17.4 Å². The molecule has 1 unspecified atom stereocenters. The van der Waals surface area contributed by atoms with Crippen molar-refractivity contribution < 1.29 is 22.4 Å². The predicted octanol–water partition coefficient (Wildman–Crippen LogP) is 4.07. The highest BCUT2D eigenvalue weighted by Gasteiger charge is 2.42. The molecular formula is C21H25F3N6O2. The van der Waals surface area contributed by atoms with Gasteiger partial charge in [0.2, 0.25) is 11.8 Å². The van der Waals surface area contributed by atoms with Gasteiger partial charge in [-0.15, -0.1) is 5.10 Å². The maximum absolute atomic E-state index is 12.9. The summed E-state index contributed by atoms with van der Waals surface area (Å²) in [7, 11) is 0. The van der Waals surface area contributed by atoms with E-state index in [2.05, 4.69) is 25.5 Å². The van der Waals surface area contributed by atoms with Gasteiger partial charge in [0, 0.05) is 37.3 Å². The van der Waals surface area contributed by atoms with Crippen LogP contribution < -0.4 is 15.0 Å². The molecular weight excluding hydrogens is 425 g/mol. The van der Waals surface area contributed by atoms with Crippen LogP contribution in [0.15, 0.2) is 28.9 Å². The molecule has 1 N–H and O–H groups in total. The quantitative estimate of drug-likeness (QED) is 0.628. The van der Waals surface area contributed by atoms with Gasteiger partial charge in [-0.1, -0.05) is 11.6 Å². The molecule has 0 radical (unpaired) electrons. The van der Waals surface area contributed by atoms with Crippen LogP contribution in [0, 0.1) is 18.8 Å². The first-order valence-corrected chi connectivity index (χ1v) is 10.8. The number of aromatic nitrogens is 4. The second-order valence-electron chi connectivity index (χ2n) is 8.69. The minimum atomic E-state index is -4.46. The highest BCUT2D eigenvalue weighted by Crippen LogP contribution is 2.39. The Morgan fingerprint density at radius 1 is 1.28 bits per heavy atom. The van der Waals surface area contributed by atoms with Crippen LogP contribution in [-0.4, -0.2) is 51.2 Å². The van der Waals surface area contributed by atoms with Crippen LogP contribution in [0.3, 0.4) is 0 Å². The molecule has 172 valence electrons. The third kappa shape index (κ3) is 3.95. The number of alkyl halides is 3. The van der Waals surface area contributed by atoms with Gasteiger partial charge in [0.05, 0.1) is 5.69 Å². The summed E-state index contributed by atoms with van der Waals surface area (Å²) in [4.78, 5) is 6.68. The first-order valence-electron chi connectivity index (χ1n) is 10.8. The van der Waals surface area contributed by atoms with Crippen LogP contribution in [0.2, 0.25) is 0 Å². The smallest absolute Gasteiger partial charge is 0.425 e. The lowest BCUT2D eigenvalue weighted by Crippen LogP contribution is -2.37. The topological polar surface area (TPSA) is 80.7 Å². The van der Waals surface area contributed by atoms with Gasteiger partial charge in [0.15, 0.2) is 17.5 Å². The Morgan fingerprint density at radius 2 is 2.12 bits per heavy atom. The Labute approximate surface area is 182 Å². The molecule has 3 aromatic heterocycles. The van der Waals surface area contributed by atoms with Crippen molar-refractivity contribution in [2.75, 3.05) is 23.3 Å². The van der Waals surface area contributed by atoms with Gasteiger partial charge in [-0.2, -0.15) is 18.2 Å². The normalized spacial score (nSPS) is 24.5. The fourth-order valence-corrected chi connectivity index (χ4v) is 4.79. The summed E-state index contributed by atoms with van der Waals surface area (Å²) in [5.74, 6) is 2.14. The lowest BCUT2D eigenvalue weighted by molar-refractivity contribution is -0.189. The zero-order valence-corrected chi connectivity index (χ0v) is 17.8. The van der Waals surface area contributed by atoms with E-state index in [0.29, 0.717) is 17.8 Å². The van der Waals surface area contributed by atoms with E-state index in [1.165, 1.54) is 10.6 Å². The SMILES string of the molecule is Cc1cc(N2CC3CCC[C@@H](Nc4nc5c(O[C@H](C)C(F)(F)F)cccn5n4)[C@@H]3C2)on1. The van der Waals surface area contributed by atoms with E-state index >= 15 is 0 Å². The summed E-state index contributed by atoms with van der Waals surface area (Å²) in [6.07, 6.45) is -1.53. The highest BCUT2D eigenvalue weighted by atomic mass is 19.4. The number of rotatable bonds is 5. The number of ether oxygens (including phenoxy) is 1. The number of fused-ring (bicyclic) bond motifs is 2. The number of halogens is 3. The molecule has 4 atom stereocenters. The minimum absolute atomic E-state index is 0.0483. The molecule has 5 rings (SSSR count). The van der Waals surface area contributed by atoms with Crippen molar-refractivity contribution in [1.29, 1.82) is 0 Å². The van der Waals surface area contributed by atoms with Crippen molar-refractivity contribution in [3.05, 3.63) is 30.1 Å². The molecule has 2 aliphatic rings. The summed E-state index contributed by atoms with van der Waals surface area (Å²) in [6, 6.07) is 5.18. The van der Waals surface area contributed by atoms with Crippen LogP contribution in [0.5, 0.6) is 5.75 Å². The molecule has 32 heavy (non-hydrogen) atoms. The molecule has 4 heterocycles. The fourth-order valence-electron chi connectivity index (χ4n) is 4.79. The molecule has 1 saturated heterocycles. The van der Waals surface area contributed by atoms with Gasteiger partial charge >= 0.3 is 6.18 Å². The predicted molar refractivity (Wildman–Crippen MR) is 111 cm³/mol. The number of nitrogens with zero attached hydrogens (tertiary/aromatic N) is 5. The van der Waals surface area contributed by atoms with Gasteiger partial charge in [-0.05, 0) is 44.7 Å². The second-order valence-corrected chi connectivity index (χ2v) is 8.69. The molecule has 0 spiro atoms. The number of pyridine rings is 1. The monoisotopic (exact) mass is 450 g/mol. The van der Waals surface area contributed by atoms with Crippen molar-refractivity contribution in [3.8, 4) is 5.75 Å². The van der Waals surface area contributed by atoms with Gasteiger partial charge in [-0.25, -0.2) is 4.52 Å². The third-order valence-corrected chi connectivity index (χ3v) is 6.43. The van der Waals surface area contributed by atoms with Crippen LogP contribution >= 0.6 is 0 Å². The Hall–Kier alpha value is -2.98. The molecule has 1 saturated carbocycles. The zero-order chi connectivity index (χ0) is 22.5. The number of anilines is 2. The molecule has 2 fully saturated rings. The summed E-state index contributed by atoms with van der Waals surface area (Å²) in [5.41, 5.74) is 1.11. The van der Waals surface area contributed by atoms with Gasteiger partial charge in [-0.3, -0.25) is 0 Å². The maximum atomic E-state index is 12.9.